The second-order valence-corrected chi connectivity index (χ2v) is 6.19. The minimum Gasteiger partial charge on any atom is -0.383 e. The van der Waals surface area contributed by atoms with Gasteiger partial charge in [-0.15, -0.1) is 0 Å². The molecule has 1 unspecified atom stereocenters. The summed E-state index contributed by atoms with van der Waals surface area (Å²) in [4.78, 5) is 8.48. The topological polar surface area (TPSA) is 69.6 Å². The highest BCUT2D eigenvalue weighted by molar-refractivity contribution is 5.98. The fraction of sp³-hybridized carbons (Fsp3) is 0.353. The van der Waals surface area contributed by atoms with Crippen molar-refractivity contribution in [2.24, 2.45) is 5.92 Å². The van der Waals surface area contributed by atoms with E-state index in [1.165, 1.54) is 37.7 Å². The number of anilines is 1. The fourth-order valence-electron chi connectivity index (χ4n) is 3.24. The number of hydrogen-bond donors (Lipinski definition) is 1. The lowest BCUT2D eigenvalue weighted by Gasteiger charge is -2.31. The summed E-state index contributed by atoms with van der Waals surface area (Å²) in [6.45, 7) is 2.16. The number of nitrogen functional groups attached to an aromatic ring is 1. The SMILES string of the molecule is CC(C1CCC1)n1nc(-c2cccc(F)c2)c2c(N)ncnc21. The van der Waals surface area contributed by atoms with Crippen LogP contribution in [-0.4, -0.2) is 19.7 Å². The standard InChI is InChI=1S/C17H18FN5/c1-10(11-4-2-5-11)23-17-14(16(19)20-9-21-17)15(22-23)12-6-3-7-13(18)8-12/h3,6-11H,2,4-5H2,1H3,(H2,19,20,21). The van der Waals surface area contributed by atoms with Crippen LogP contribution in [0.15, 0.2) is 30.6 Å². The molecule has 1 aliphatic rings. The van der Waals surface area contributed by atoms with E-state index in [2.05, 4.69) is 16.9 Å². The van der Waals surface area contributed by atoms with Crippen LogP contribution in [0, 0.1) is 11.7 Å². The molecule has 4 rings (SSSR count). The average molecular weight is 311 g/mol. The van der Waals surface area contributed by atoms with E-state index in [0.29, 0.717) is 28.4 Å². The van der Waals surface area contributed by atoms with Crippen molar-refractivity contribution in [2.45, 2.75) is 32.2 Å². The molecule has 2 aromatic heterocycles. The van der Waals surface area contributed by atoms with Crippen LogP contribution in [0.5, 0.6) is 0 Å². The van der Waals surface area contributed by atoms with Gasteiger partial charge in [0.15, 0.2) is 5.65 Å². The molecular formula is C17H18FN5. The minimum absolute atomic E-state index is 0.239. The second-order valence-electron chi connectivity index (χ2n) is 6.19. The van der Waals surface area contributed by atoms with Crippen molar-refractivity contribution in [3.63, 3.8) is 0 Å². The van der Waals surface area contributed by atoms with E-state index >= 15 is 0 Å². The quantitative estimate of drug-likeness (QED) is 0.802. The molecule has 0 radical (unpaired) electrons. The zero-order valence-electron chi connectivity index (χ0n) is 12.9. The third-order valence-corrected chi connectivity index (χ3v) is 4.83. The van der Waals surface area contributed by atoms with E-state index in [9.17, 15) is 4.39 Å². The summed E-state index contributed by atoms with van der Waals surface area (Å²) >= 11 is 0. The van der Waals surface area contributed by atoms with E-state index in [0.717, 1.165) is 5.65 Å². The van der Waals surface area contributed by atoms with Crippen LogP contribution in [0.2, 0.25) is 0 Å². The summed E-state index contributed by atoms with van der Waals surface area (Å²) in [5.41, 5.74) is 8.12. The van der Waals surface area contributed by atoms with E-state index < -0.39 is 0 Å². The Kier molecular flexibility index (Phi) is 3.25. The maximum atomic E-state index is 13.6. The van der Waals surface area contributed by atoms with Gasteiger partial charge in [-0.3, -0.25) is 0 Å². The van der Waals surface area contributed by atoms with Crippen LogP contribution in [0.25, 0.3) is 22.3 Å². The molecule has 0 amide bonds. The Morgan fingerprint density at radius 1 is 1.30 bits per heavy atom. The number of nitrogens with two attached hydrogens (primary N) is 1. The molecule has 1 aliphatic carbocycles. The van der Waals surface area contributed by atoms with Gasteiger partial charge in [-0.05, 0) is 37.8 Å². The Morgan fingerprint density at radius 2 is 2.13 bits per heavy atom. The van der Waals surface area contributed by atoms with Crippen molar-refractivity contribution in [1.82, 2.24) is 19.7 Å². The Hall–Kier alpha value is -2.50. The molecule has 3 aromatic rings. The molecule has 0 saturated heterocycles. The smallest absolute Gasteiger partial charge is 0.164 e. The maximum Gasteiger partial charge on any atom is 0.164 e. The van der Waals surface area contributed by atoms with Gasteiger partial charge in [0.25, 0.3) is 0 Å². The lowest BCUT2D eigenvalue weighted by Crippen LogP contribution is -2.23. The van der Waals surface area contributed by atoms with Gasteiger partial charge in [0.05, 0.1) is 11.4 Å². The van der Waals surface area contributed by atoms with Crippen LogP contribution >= 0.6 is 0 Å². The normalized spacial score (nSPS) is 16.4. The summed E-state index contributed by atoms with van der Waals surface area (Å²) in [5.74, 6) is 0.684. The molecule has 2 N–H and O–H groups in total. The van der Waals surface area contributed by atoms with Crippen LogP contribution in [0.4, 0.5) is 10.2 Å². The van der Waals surface area contributed by atoms with Crippen molar-refractivity contribution in [2.75, 3.05) is 5.73 Å². The van der Waals surface area contributed by atoms with Gasteiger partial charge in [-0.25, -0.2) is 19.0 Å². The largest absolute Gasteiger partial charge is 0.383 e. The number of hydrogen-bond acceptors (Lipinski definition) is 4. The highest BCUT2D eigenvalue weighted by Gasteiger charge is 2.28. The lowest BCUT2D eigenvalue weighted by molar-refractivity contribution is 0.214. The van der Waals surface area contributed by atoms with Crippen LogP contribution < -0.4 is 5.73 Å². The van der Waals surface area contributed by atoms with Gasteiger partial charge in [-0.2, -0.15) is 5.10 Å². The Morgan fingerprint density at radius 3 is 2.83 bits per heavy atom. The molecule has 1 saturated carbocycles. The van der Waals surface area contributed by atoms with Crippen LogP contribution in [0.1, 0.15) is 32.2 Å². The van der Waals surface area contributed by atoms with E-state index in [-0.39, 0.29) is 11.9 Å². The van der Waals surface area contributed by atoms with Gasteiger partial charge < -0.3 is 5.73 Å². The van der Waals surface area contributed by atoms with Gasteiger partial charge in [-0.1, -0.05) is 18.6 Å². The molecule has 0 aliphatic heterocycles. The first-order chi connectivity index (χ1) is 11.1. The molecular weight excluding hydrogens is 293 g/mol. The molecule has 6 heteroatoms. The third kappa shape index (κ3) is 2.25. The highest BCUT2D eigenvalue weighted by atomic mass is 19.1. The third-order valence-electron chi connectivity index (χ3n) is 4.83. The number of rotatable bonds is 3. The number of nitrogens with zero attached hydrogens (tertiary/aromatic N) is 4. The molecule has 23 heavy (non-hydrogen) atoms. The second kappa shape index (κ2) is 5.30. The number of halogens is 1. The van der Waals surface area contributed by atoms with Gasteiger partial charge in [0, 0.05) is 5.56 Å². The van der Waals surface area contributed by atoms with Gasteiger partial charge >= 0.3 is 0 Å². The summed E-state index contributed by atoms with van der Waals surface area (Å²) in [6.07, 6.45) is 5.14. The van der Waals surface area contributed by atoms with E-state index in [1.54, 1.807) is 6.07 Å². The molecule has 1 aromatic carbocycles. The van der Waals surface area contributed by atoms with Crippen LogP contribution in [0.3, 0.4) is 0 Å². The van der Waals surface area contributed by atoms with Gasteiger partial charge in [0.2, 0.25) is 0 Å². The molecule has 0 spiro atoms. The number of benzene rings is 1. The summed E-state index contributed by atoms with van der Waals surface area (Å²) < 4.78 is 15.5. The van der Waals surface area contributed by atoms with Crippen molar-refractivity contribution < 1.29 is 4.39 Å². The van der Waals surface area contributed by atoms with E-state index in [1.807, 2.05) is 10.7 Å². The lowest BCUT2D eigenvalue weighted by atomic mass is 9.80. The minimum atomic E-state index is -0.298. The first-order valence-electron chi connectivity index (χ1n) is 7.90. The first-order valence-corrected chi connectivity index (χ1v) is 7.90. The van der Waals surface area contributed by atoms with Gasteiger partial charge in [0.1, 0.15) is 23.7 Å². The summed E-state index contributed by atoms with van der Waals surface area (Å²) in [6, 6.07) is 6.62. The number of aromatic nitrogens is 4. The van der Waals surface area contributed by atoms with Crippen molar-refractivity contribution >= 4 is 16.9 Å². The maximum absolute atomic E-state index is 13.6. The Bertz CT molecular complexity index is 869. The molecule has 2 heterocycles. The zero-order valence-corrected chi connectivity index (χ0v) is 12.9. The zero-order chi connectivity index (χ0) is 16.0. The molecule has 118 valence electrons. The Balaban J connectivity index is 1.93. The fourth-order valence-corrected chi connectivity index (χ4v) is 3.24. The molecule has 1 atom stereocenters. The monoisotopic (exact) mass is 311 g/mol. The first kappa shape index (κ1) is 14.1. The van der Waals surface area contributed by atoms with Crippen LogP contribution in [-0.2, 0) is 0 Å². The molecule has 0 bridgehead atoms. The Labute approximate surface area is 133 Å². The summed E-state index contributed by atoms with van der Waals surface area (Å²) in [5, 5.41) is 5.43. The number of fused-ring (bicyclic) bond motifs is 1. The van der Waals surface area contributed by atoms with Crippen molar-refractivity contribution in [3.05, 3.63) is 36.4 Å². The predicted octanol–water partition coefficient (Wildman–Crippen LogP) is 3.58. The summed E-state index contributed by atoms with van der Waals surface area (Å²) in [7, 11) is 0. The van der Waals surface area contributed by atoms with E-state index in [4.69, 9.17) is 10.8 Å². The average Bonchev–Trinajstić information content (AvgIpc) is 2.86. The van der Waals surface area contributed by atoms with Crippen molar-refractivity contribution in [1.29, 1.82) is 0 Å². The van der Waals surface area contributed by atoms with Crippen molar-refractivity contribution in [3.8, 4) is 11.3 Å². The highest BCUT2D eigenvalue weighted by Crippen LogP contribution is 2.39. The molecule has 1 fully saturated rings. The molecule has 5 nitrogen and oxygen atoms in total. The predicted molar refractivity (Wildman–Crippen MR) is 87.2 cm³/mol.